The molecule has 0 bridgehead atoms. The molecule has 1 atom stereocenters. The molecule has 0 aliphatic carbocycles. The average Bonchev–Trinajstić information content (AvgIpc) is 2.56. The number of anilines is 1. The van der Waals surface area contributed by atoms with Gasteiger partial charge in [0.25, 0.3) is 0 Å². The van der Waals surface area contributed by atoms with Crippen LogP contribution in [0, 0.1) is 0 Å². The van der Waals surface area contributed by atoms with Crippen LogP contribution in [0.4, 0.5) is 5.69 Å². The first kappa shape index (κ1) is 17.1. The molecule has 0 heterocycles. The van der Waals surface area contributed by atoms with E-state index in [-0.39, 0.29) is 12.5 Å². The molecule has 0 radical (unpaired) electrons. The Kier molecular flexibility index (Phi) is 6.72. The van der Waals surface area contributed by atoms with Crippen LogP contribution < -0.4 is 10.6 Å². The molecule has 1 amide bonds. The van der Waals surface area contributed by atoms with Crippen molar-refractivity contribution in [1.82, 2.24) is 5.32 Å². The number of hydrogen-bond donors (Lipinski definition) is 2. The zero-order valence-electron chi connectivity index (χ0n) is 12.8. The minimum Gasteiger partial charge on any atom is -0.324 e. The quantitative estimate of drug-likeness (QED) is 0.733. The molecule has 2 aromatic carbocycles. The molecular weight excluding hydrogens is 308 g/mol. The van der Waals surface area contributed by atoms with Gasteiger partial charge in [0, 0.05) is 12.3 Å². The van der Waals surface area contributed by atoms with Crippen LogP contribution in [0.3, 0.4) is 0 Å². The third kappa shape index (κ3) is 5.47. The Morgan fingerprint density at radius 2 is 1.78 bits per heavy atom. The highest BCUT2D eigenvalue weighted by molar-refractivity contribution is 7.85. The highest BCUT2D eigenvalue weighted by Crippen LogP contribution is 2.19. The van der Waals surface area contributed by atoms with Gasteiger partial charge < -0.3 is 10.6 Å². The lowest BCUT2D eigenvalue weighted by atomic mass is 10.2. The van der Waals surface area contributed by atoms with Gasteiger partial charge in [-0.1, -0.05) is 48.5 Å². The predicted molar refractivity (Wildman–Crippen MR) is 94.7 cm³/mol. The summed E-state index contributed by atoms with van der Waals surface area (Å²) in [5.41, 5.74) is 1.70. The normalized spacial score (nSPS) is 11.7. The molecule has 5 heteroatoms. The molecule has 0 fully saturated rings. The molecule has 0 saturated heterocycles. The number of benzene rings is 2. The predicted octanol–water partition coefficient (Wildman–Crippen LogP) is 2.71. The molecule has 4 nitrogen and oxygen atoms in total. The number of nitrogens with one attached hydrogen (secondary N) is 2. The molecule has 0 aliphatic heterocycles. The smallest absolute Gasteiger partial charge is 0.238 e. The minimum absolute atomic E-state index is 0.163. The van der Waals surface area contributed by atoms with E-state index in [0.29, 0.717) is 22.9 Å². The van der Waals surface area contributed by atoms with E-state index in [0.717, 1.165) is 5.56 Å². The van der Waals surface area contributed by atoms with Crippen LogP contribution in [-0.2, 0) is 22.1 Å². The Balaban J connectivity index is 1.90. The van der Waals surface area contributed by atoms with Gasteiger partial charge in [-0.15, -0.1) is 6.58 Å². The fraction of sp³-hybridized carbons (Fsp3) is 0.167. The van der Waals surface area contributed by atoms with E-state index in [4.69, 9.17) is 0 Å². The van der Waals surface area contributed by atoms with Gasteiger partial charge in [-0.25, -0.2) is 0 Å². The lowest BCUT2D eigenvalue weighted by Gasteiger charge is -2.10. The summed E-state index contributed by atoms with van der Waals surface area (Å²) in [5.74, 6) is 0.197. The van der Waals surface area contributed by atoms with Crippen molar-refractivity contribution in [3.8, 4) is 0 Å². The highest BCUT2D eigenvalue weighted by Gasteiger charge is 2.10. The Labute approximate surface area is 139 Å². The van der Waals surface area contributed by atoms with Crippen molar-refractivity contribution in [3.05, 3.63) is 72.8 Å². The van der Waals surface area contributed by atoms with Crippen LogP contribution >= 0.6 is 0 Å². The van der Waals surface area contributed by atoms with Crippen LogP contribution in [0.5, 0.6) is 0 Å². The van der Waals surface area contributed by atoms with Crippen LogP contribution in [0.25, 0.3) is 0 Å². The summed E-state index contributed by atoms with van der Waals surface area (Å²) in [6.45, 7) is 4.41. The molecule has 0 aromatic heterocycles. The number of carbonyl (C=O) groups is 1. The van der Waals surface area contributed by atoms with E-state index in [9.17, 15) is 9.00 Å². The molecule has 120 valence electrons. The van der Waals surface area contributed by atoms with Crippen LogP contribution in [-0.4, -0.2) is 22.4 Å². The lowest BCUT2D eigenvalue weighted by Crippen LogP contribution is -2.28. The van der Waals surface area contributed by atoms with E-state index in [1.54, 1.807) is 24.3 Å². The summed E-state index contributed by atoms with van der Waals surface area (Å²) in [4.78, 5) is 12.7. The molecule has 2 aromatic rings. The van der Waals surface area contributed by atoms with E-state index in [2.05, 4.69) is 17.2 Å². The van der Waals surface area contributed by atoms with Gasteiger partial charge in [-0.05, 0) is 17.7 Å². The van der Waals surface area contributed by atoms with Gasteiger partial charge >= 0.3 is 0 Å². The van der Waals surface area contributed by atoms with Crippen molar-refractivity contribution < 1.29 is 9.00 Å². The van der Waals surface area contributed by atoms with E-state index < -0.39 is 10.8 Å². The molecule has 0 saturated carbocycles. The average molecular weight is 328 g/mol. The largest absolute Gasteiger partial charge is 0.324 e. The number of para-hydroxylation sites is 1. The van der Waals surface area contributed by atoms with Gasteiger partial charge in [-0.3, -0.25) is 9.00 Å². The second kappa shape index (κ2) is 9.02. The van der Waals surface area contributed by atoms with E-state index >= 15 is 0 Å². The molecule has 23 heavy (non-hydrogen) atoms. The second-order valence-corrected chi connectivity index (χ2v) is 6.40. The number of amides is 1. The van der Waals surface area contributed by atoms with Crippen LogP contribution in [0.2, 0.25) is 0 Å². The van der Waals surface area contributed by atoms with Crippen molar-refractivity contribution in [2.75, 3.05) is 17.6 Å². The van der Waals surface area contributed by atoms with Gasteiger partial charge in [0.15, 0.2) is 0 Å². The summed E-state index contributed by atoms with van der Waals surface area (Å²) in [6, 6.07) is 17.0. The fourth-order valence-electron chi connectivity index (χ4n) is 2.08. The second-order valence-electron chi connectivity index (χ2n) is 4.93. The van der Waals surface area contributed by atoms with Crippen molar-refractivity contribution in [3.63, 3.8) is 0 Å². The number of carbonyl (C=O) groups excluding carboxylic acids is 1. The maximum atomic E-state index is 12.1. The van der Waals surface area contributed by atoms with E-state index in [1.807, 2.05) is 36.4 Å². The zero-order chi connectivity index (χ0) is 16.5. The van der Waals surface area contributed by atoms with E-state index in [1.165, 1.54) is 0 Å². The Hall–Kier alpha value is -2.24. The summed E-state index contributed by atoms with van der Waals surface area (Å²) >= 11 is 0. The van der Waals surface area contributed by atoms with Crippen molar-refractivity contribution >= 4 is 22.4 Å². The molecule has 0 aliphatic rings. The summed E-state index contributed by atoms with van der Waals surface area (Å²) in [7, 11) is -1.20. The highest BCUT2D eigenvalue weighted by atomic mass is 32.2. The molecule has 2 N–H and O–H groups in total. The Morgan fingerprint density at radius 3 is 2.52 bits per heavy atom. The summed E-state index contributed by atoms with van der Waals surface area (Å²) < 4.78 is 12.1. The molecular formula is C18H20N2O2S. The number of rotatable bonds is 8. The zero-order valence-corrected chi connectivity index (χ0v) is 13.6. The van der Waals surface area contributed by atoms with Crippen molar-refractivity contribution in [1.29, 1.82) is 0 Å². The molecule has 1 unspecified atom stereocenters. The minimum atomic E-state index is -1.20. The van der Waals surface area contributed by atoms with Crippen LogP contribution in [0.1, 0.15) is 5.56 Å². The maximum Gasteiger partial charge on any atom is 0.238 e. The van der Waals surface area contributed by atoms with Crippen LogP contribution in [0.15, 0.2) is 72.1 Å². The maximum absolute atomic E-state index is 12.1. The van der Waals surface area contributed by atoms with Crippen molar-refractivity contribution in [2.45, 2.75) is 11.4 Å². The monoisotopic (exact) mass is 328 g/mol. The summed E-state index contributed by atoms with van der Waals surface area (Å²) in [6.07, 6.45) is 1.61. The van der Waals surface area contributed by atoms with Gasteiger partial charge in [0.1, 0.15) is 0 Å². The van der Waals surface area contributed by atoms with Gasteiger partial charge in [0.05, 0.1) is 27.9 Å². The molecule has 2 rings (SSSR count). The third-order valence-electron chi connectivity index (χ3n) is 3.13. The molecule has 0 spiro atoms. The Bertz CT molecular complexity index is 686. The van der Waals surface area contributed by atoms with Crippen molar-refractivity contribution in [2.24, 2.45) is 0 Å². The van der Waals surface area contributed by atoms with Gasteiger partial charge in [0.2, 0.25) is 5.91 Å². The first-order valence-electron chi connectivity index (χ1n) is 7.33. The fourth-order valence-corrected chi connectivity index (χ4v) is 3.06. The summed E-state index contributed by atoms with van der Waals surface area (Å²) in [5, 5.41) is 5.90. The third-order valence-corrected chi connectivity index (χ3v) is 4.52. The first-order chi connectivity index (χ1) is 11.2. The SMILES string of the molecule is C=CCS(=O)c1ccccc1NC(=O)CNCc1ccccc1. The Morgan fingerprint density at radius 1 is 1.09 bits per heavy atom. The first-order valence-corrected chi connectivity index (χ1v) is 8.65. The van der Waals surface area contributed by atoms with Gasteiger partial charge in [-0.2, -0.15) is 0 Å². The standard InChI is InChI=1S/C18H20N2O2S/c1-2-12-23(22)17-11-7-6-10-16(17)20-18(21)14-19-13-15-8-4-3-5-9-15/h2-11,19H,1,12-14H2,(H,20,21). The lowest BCUT2D eigenvalue weighted by molar-refractivity contribution is -0.115. The number of hydrogen-bond acceptors (Lipinski definition) is 3. The topological polar surface area (TPSA) is 58.2 Å².